The van der Waals surface area contributed by atoms with Gasteiger partial charge in [-0.2, -0.15) is 0 Å². The first-order valence-electron chi connectivity index (χ1n) is 10.00. The molecule has 0 aliphatic rings. The second-order valence-corrected chi connectivity index (χ2v) is 12.3. The van der Waals surface area contributed by atoms with E-state index >= 15 is 0 Å². The molecule has 154 valence electrons. The highest BCUT2D eigenvalue weighted by Crippen LogP contribution is 2.58. The molecule has 0 radical (unpaired) electrons. The number of rotatable bonds is 7. The lowest BCUT2D eigenvalue weighted by Gasteiger charge is -2.27. The quantitative estimate of drug-likeness (QED) is 0.220. The Bertz CT molecular complexity index is 1140. The van der Waals surface area contributed by atoms with Gasteiger partial charge in [-0.05, 0) is 45.8 Å². The van der Waals surface area contributed by atoms with Crippen LogP contribution in [0.25, 0.3) is 5.31 Å². The Kier molecular flexibility index (Phi) is 7.09. The van der Waals surface area contributed by atoms with E-state index in [2.05, 4.69) is 90.3 Å². The van der Waals surface area contributed by atoms with Crippen molar-refractivity contribution in [3.05, 3.63) is 126 Å². The largest absolute Gasteiger partial charge is 0.497 e. The lowest BCUT2D eigenvalue weighted by Crippen LogP contribution is -2.16. The van der Waals surface area contributed by atoms with Crippen LogP contribution in [0.4, 0.5) is 0 Å². The van der Waals surface area contributed by atoms with Gasteiger partial charge in [-0.1, -0.05) is 115 Å². The first-order chi connectivity index (χ1) is 15.2. The number of hydrogen-bond donors (Lipinski definition) is 0. The molecule has 0 spiro atoms. The Morgan fingerprint density at radius 1 is 0.710 bits per heavy atom. The highest BCUT2D eigenvalue weighted by atomic mass is 32.4. The number of thioether (sulfide) groups is 1. The highest BCUT2D eigenvalue weighted by Gasteiger charge is 2.28. The van der Waals surface area contributed by atoms with Crippen molar-refractivity contribution in [2.75, 3.05) is 7.11 Å². The van der Waals surface area contributed by atoms with Gasteiger partial charge in [0.2, 0.25) is 0 Å². The molecule has 0 fully saturated rings. The fraction of sp³-hybridized carbons (Fsp3) is 0.0370. The molecule has 0 aliphatic heterocycles. The number of ether oxygens (including phenoxy) is 1. The third-order valence-electron chi connectivity index (χ3n) is 5.01. The lowest BCUT2D eigenvalue weighted by atomic mass is 10.2. The molecule has 0 bridgehead atoms. The average Bonchev–Trinajstić information content (AvgIpc) is 2.86. The third-order valence-corrected chi connectivity index (χ3v) is 11.1. The molecule has 4 heteroatoms. The van der Waals surface area contributed by atoms with Crippen LogP contribution in [-0.2, 0) is 11.8 Å². The summed E-state index contributed by atoms with van der Waals surface area (Å²) in [6.07, 6.45) is 0. The second kappa shape index (κ2) is 10.2. The van der Waals surface area contributed by atoms with Gasteiger partial charge in [-0.15, -0.1) is 0 Å². The van der Waals surface area contributed by atoms with Gasteiger partial charge < -0.3 is 4.74 Å². The molecule has 0 aliphatic carbocycles. The molecule has 0 amide bonds. The van der Waals surface area contributed by atoms with Crippen molar-refractivity contribution in [1.82, 2.24) is 0 Å². The number of hydrogen-bond acceptors (Lipinski definition) is 3. The first-order valence-corrected chi connectivity index (χ1v) is 13.7. The molecule has 0 atom stereocenters. The van der Waals surface area contributed by atoms with Gasteiger partial charge >= 0.3 is 0 Å². The fourth-order valence-corrected chi connectivity index (χ4v) is 8.85. The second-order valence-electron chi connectivity index (χ2n) is 6.94. The first kappa shape index (κ1) is 21.6. The molecule has 1 nitrogen and oxygen atoms in total. The highest BCUT2D eigenvalue weighted by molar-refractivity contribution is 8.27. The molecule has 0 aromatic heterocycles. The predicted octanol–water partition coefficient (Wildman–Crippen LogP) is 6.92. The molecule has 4 aromatic carbocycles. The summed E-state index contributed by atoms with van der Waals surface area (Å²) in [7, 11) is 1.69. The standard InChI is InChI=1S/C27H23OPS2/c1-28-23-19-17-22(18-20-23)27(21-31-26-15-9-4-10-16-26)29(30,24-11-5-2-6-12-24)25-13-7-3-8-14-25/h2-21H,1H3/b27-21+. The molecular weight excluding hydrogens is 435 g/mol. The summed E-state index contributed by atoms with van der Waals surface area (Å²) in [5.74, 6) is 0.839. The van der Waals surface area contributed by atoms with Gasteiger partial charge in [0, 0.05) is 16.2 Å². The number of benzene rings is 4. The predicted molar refractivity (Wildman–Crippen MR) is 140 cm³/mol. The van der Waals surface area contributed by atoms with Gasteiger partial charge in [0.05, 0.1) is 7.11 Å². The molecule has 4 rings (SSSR count). The van der Waals surface area contributed by atoms with Crippen molar-refractivity contribution in [3.63, 3.8) is 0 Å². The molecule has 31 heavy (non-hydrogen) atoms. The smallest absolute Gasteiger partial charge is 0.118 e. The average molecular weight is 459 g/mol. The summed E-state index contributed by atoms with van der Waals surface area (Å²) in [5, 5.41) is 5.80. The van der Waals surface area contributed by atoms with Crippen LogP contribution >= 0.6 is 17.8 Å². The Labute approximate surface area is 193 Å². The zero-order valence-electron chi connectivity index (χ0n) is 17.2. The summed E-state index contributed by atoms with van der Waals surface area (Å²) >= 11 is 8.33. The molecular formula is C27H23OPS2. The number of methoxy groups -OCH3 is 1. The van der Waals surface area contributed by atoms with Crippen LogP contribution in [0.3, 0.4) is 0 Å². The Hall–Kier alpha value is -2.58. The van der Waals surface area contributed by atoms with Gasteiger partial charge in [0.15, 0.2) is 0 Å². The zero-order chi connectivity index (χ0) is 21.5. The molecule has 0 N–H and O–H groups in total. The van der Waals surface area contributed by atoms with E-state index in [0.29, 0.717) is 0 Å². The van der Waals surface area contributed by atoms with E-state index in [-0.39, 0.29) is 0 Å². The molecule has 0 unspecified atom stereocenters. The van der Waals surface area contributed by atoms with Crippen LogP contribution in [0, 0.1) is 0 Å². The maximum Gasteiger partial charge on any atom is 0.118 e. The van der Waals surface area contributed by atoms with E-state index in [9.17, 15) is 0 Å². The van der Waals surface area contributed by atoms with E-state index in [0.717, 1.165) is 11.3 Å². The van der Waals surface area contributed by atoms with Gasteiger partial charge in [0.1, 0.15) is 5.75 Å². The minimum atomic E-state index is -2.28. The van der Waals surface area contributed by atoms with Crippen molar-refractivity contribution in [2.45, 2.75) is 4.90 Å². The van der Waals surface area contributed by atoms with Crippen molar-refractivity contribution in [2.24, 2.45) is 0 Å². The minimum Gasteiger partial charge on any atom is -0.497 e. The van der Waals surface area contributed by atoms with Crippen molar-refractivity contribution >= 4 is 45.5 Å². The van der Waals surface area contributed by atoms with Crippen LogP contribution in [0.1, 0.15) is 5.56 Å². The zero-order valence-corrected chi connectivity index (χ0v) is 19.7. The summed E-state index contributed by atoms with van der Waals surface area (Å²) in [6, 6.07) is 37.4. The van der Waals surface area contributed by atoms with Crippen LogP contribution in [-0.4, -0.2) is 7.11 Å². The van der Waals surface area contributed by atoms with Gasteiger partial charge in [0.25, 0.3) is 0 Å². The summed E-state index contributed by atoms with van der Waals surface area (Å²) in [5.41, 5.74) is 1.13. The summed E-state index contributed by atoms with van der Waals surface area (Å²) in [4.78, 5) is 1.19. The van der Waals surface area contributed by atoms with E-state index in [1.807, 2.05) is 30.3 Å². The van der Waals surface area contributed by atoms with E-state index in [1.54, 1.807) is 18.9 Å². The Balaban J connectivity index is 1.92. The molecule has 4 aromatic rings. The summed E-state index contributed by atoms with van der Waals surface area (Å²) in [6.45, 7) is 0. The minimum absolute atomic E-state index is 0.839. The maximum atomic E-state index is 6.61. The SMILES string of the molecule is COc1ccc(/C(=C\Sc2ccccc2)P(=S)(c2ccccc2)c2ccccc2)cc1. The molecule has 0 saturated heterocycles. The Morgan fingerprint density at radius 2 is 1.19 bits per heavy atom. The lowest BCUT2D eigenvalue weighted by molar-refractivity contribution is 0.415. The van der Waals surface area contributed by atoms with Gasteiger partial charge in [-0.3, -0.25) is 0 Å². The van der Waals surface area contributed by atoms with Crippen LogP contribution in [0.2, 0.25) is 0 Å². The topological polar surface area (TPSA) is 9.23 Å². The monoisotopic (exact) mass is 458 g/mol. The Morgan fingerprint density at radius 3 is 1.68 bits per heavy atom. The van der Waals surface area contributed by atoms with Crippen LogP contribution < -0.4 is 15.3 Å². The van der Waals surface area contributed by atoms with Crippen molar-refractivity contribution < 1.29 is 4.74 Å². The third kappa shape index (κ3) is 4.85. The van der Waals surface area contributed by atoms with Gasteiger partial charge in [-0.25, -0.2) is 0 Å². The van der Waals surface area contributed by atoms with Crippen LogP contribution in [0.15, 0.2) is 126 Å². The molecule has 0 heterocycles. The van der Waals surface area contributed by atoms with E-state index < -0.39 is 6.04 Å². The molecule has 0 saturated carbocycles. The summed E-state index contributed by atoms with van der Waals surface area (Å²) < 4.78 is 5.39. The maximum absolute atomic E-state index is 6.61. The fourth-order valence-electron chi connectivity index (χ4n) is 3.41. The van der Waals surface area contributed by atoms with E-state index in [4.69, 9.17) is 16.5 Å². The van der Waals surface area contributed by atoms with E-state index in [1.165, 1.54) is 20.8 Å². The van der Waals surface area contributed by atoms with Crippen LogP contribution in [0.5, 0.6) is 5.75 Å². The van der Waals surface area contributed by atoms with Crippen molar-refractivity contribution in [1.29, 1.82) is 0 Å². The normalized spacial score (nSPS) is 11.8. The van der Waals surface area contributed by atoms with Crippen molar-refractivity contribution in [3.8, 4) is 5.75 Å².